The molecule has 7 heteroatoms. The number of benzene rings is 1. The third kappa shape index (κ3) is 7.77. The smallest absolute Gasteiger partial charge is 0.458 e. The van der Waals surface area contributed by atoms with Gasteiger partial charge in [-0.05, 0) is 44.7 Å². The molecular weight excluding hydrogens is 331 g/mol. The molecule has 1 aromatic carbocycles. The van der Waals surface area contributed by atoms with E-state index in [-0.39, 0.29) is 34.5 Å². The van der Waals surface area contributed by atoms with Gasteiger partial charge in [-0.25, -0.2) is 8.42 Å². The van der Waals surface area contributed by atoms with Crippen LogP contribution in [0.5, 0.6) is 0 Å². The summed E-state index contributed by atoms with van der Waals surface area (Å²) in [5.74, 6) is 0.832. The molecule has 0 bridgehead atoms. The molecule has 0 amide bonds. The van der Waals surface area contributed by atoms with Crippen molar-refractivity contribution < 1.29 is 38.0 Å². The number of sulfonamides is 1. The van der Waals surface area contributed by atoms with Crippen LogP contribution >= 0.6 is 11.8 Å². The molecule has 2 rings (SSSR count). The van der Waals surface area contributed by atoms with Gasteiger partial charge in [0.15, 0.2) is 0 Å². The first-order valence-corrected chi connectivity index (χ1v) is 9.05. The summed E-state index contributed by atoms with van der Waals surface area (Å²) in [5.41, 5.74) is 6.76. The molecule has 1 atom stereocenters. The van der Waals surface area contributed by atoms with Gasteiger partial charge >= 0.3 is 29.6 Å². The van der Waals surface area contributed by atoms with E-state index < -0.39 is 10.0 Å². The molecule has 0 saturated heterocycles. The van der Waals surface area contributed by atoms with E-state index >= 15 is 0 Å². The maximum absolute atomic E-state index is 11.0. The summed E-state index contributed by atoms with van der Waals surface area (Å²) in [5, 5.41) is 0. The van der Waals surface area contributed by atoms with Gasteiger partial charge in [0, 0.05) is 10.9 Å². The van der Waals surface area contributed by atoms with Crippen LogP contribution in [-0.2, 0) is 10.0 Å². The SMILES string of the molecule is CC(N)C1CCCCC1.Cc1ccc(S(=O)(=O)[N-]Cl)cc1.[Na+]. The Bertz CT molecular complexity index is 515. The minimum Gasteiger partial charge on any atom is -0.458 e. The third-order valence-electron chi connectivity index (χ3n) is 3.80. The van der Waals surface area contributed by atoms with E-state index in [1.807, 2.05) is 6.92 Å². The molecule has 1 aliphatic rings. The minimum atomic E-state index is -3.62. The number of hydrogen-bond acceptors (Lipinski definition) is 3. The Morgan fingerprint density at radius 1 is 1.18 bits per heavy atom. The van der Waals surface area contributed by atoms with Crippen molar-refractivity contribution >= 4 is 21.8 Å². The van der Waals surface area contributed by atoms with E-state index in [2.05, 4.69) is 11.2 Å². The van der Waals surface area contributed by atoms with Crippen LogP contribution in [-0.4, -0.2) is 14.5 Å². The Hall–Kier alpha value is 0.380. The maximum atomic E-state index is 11.0. The summed E-state index contributed by atoms with van der Waals surface area (Å²) < 4.78 is 24.8. The molecule has 0 aliphatic heterocycles. The molecule has 1 unspecified atom stereocenters. The first-order valence-electron chi connectivity index (χ1n) is 7.27. The number of hydrogen-bond donors (Lipinski definition) is 1. The molecule has 1 fully saturated rings. The number of nitrogens with two attached hydrogens (primary N) is 1. The molecule has 4 nitrogen and oxygen atoms in total. The average molecular weight is 355 g/mol. The quantitative estimate of drug-likeness (QED) is 0.827. The van der Waals surface area contributed by atoms with Crippen LogP contribution < -0.4 is 35.3 Å². The zero-order valence-electron chi connectivity index (χ0n) is 13.6. The number of nitrogens with zero attached hydrogens (tertiary/aromatic N) is 1. The Labute approximate surface area is 161 Å². The minimum absolute atomic E-state index is 0. The molecule has 0 aromatic heterocycles. The van der Waals surface area contributed by atoms with Gasteiger partial charge in [0.2, 0.25) is 0 Å². The maximum Gasteiger partial charge on any atom is 1.00 e. The van der Waals surface area contributed by atoms with Crippen LogP contribution in [0.1, 0.15) is 44.6 Å². The molecule has 22 heavy (non-hydrogen) atoms. The Kier molecular flexibility index (Phi) is 11.2. The van der Waals surface area contributed by atoms with E-state index in [4.69, 9.17) is 17.5 Å². The van der Waals surface area contributed by atoms with Crippen LogP contribution in [0.15, 0.2) is 29.2 Å². The first-order chi connectivity index (χ1) is 9.86. The van der Waals surface area contributed by atoms with Crippen LogP contribution in [0.2, 0.25) is 0 Å². The standard InChI is InChI=1S/C8H17N.C7H7ClNO2S.Na/c1-7(9)8-5-3-2-4-6-8;1-6-2-4-7(5-3-6)12(10,11)9-8;/h7-8H,2-6,9H2,1H3;2-5H,1H3;/q;-1;+1. The summed E-state index contributed by atoms with van der Waals surface area (Å²) in [7, 11) is -3.62. The number of rotatable bonds is 3. The first kappa shape index (κ1) is 22.4. The van der Waals surface area contributed by atoms with Crippen LogP contribution in [0.3, 0.4) is 0 Å². The Morgan fingerprint density at radius 2 is 1.68 bits per heavy atom. The van der Waals surface area contributed by atoms with Crippen LogP contribution in [0.25, 0.3) is 4.24 Å². The summed E-state index contributed by atoms with van der Waals surface area (Å²) in [6.07, 6.45) is 7.00. The molecule has 1 aromatic rings. The fourth-order valence-corrected chi connectivity index (χ4v) is 3.21. The fourth-order valence-electron chi connectivity index (χ4n) is 2.41. The third-order valence-corrected chi connectivity index (χ3v) is 5.40. The molecule has 1 saturated carbocycles. The van der Waals surface area contributed by atoms with E-state index in [1.54, 1.807) is 12.1 Å². The number of aryl methyl sites for hydroxylation is 1. The summed E-state index contributed by atoms with van der Waals surface area (Å²) >= 11 is 4.90. The zero-order valence-corrected chi connectivity index (χ0v) is 17.2. The van der Waals surface area contributed by atoms with Crippen molar-refractivity contribution in [3.63, 3.8) is 0 Å². The molecule has 0 radical (unpaired) electrons. The molecule has 0 spiro atoms. The Morgan fingerprint density at radius 3 is 2.05 bits per heavy atom. The largest absolute Gasteiger partial charge is 1.00 e. The fraction of sp³-hybridized carbons (Fsp3) is 0.600. The Balaban J connectivity index is 0.000000397. The van der Waals surface area contributed by atoms with E-state index in [1.165, 1.54) is 44.2 Å². The second-order valence-electron chi connectivity index (χ2n) is 5.61. The number of halogens is 1. The van der Waals surface area contributed by atoms with Crippen molar-refractivity contribution in [2.75, 3.05) is 0 Å². The molecular formula is C15H24ClN2NaO2S. The predicted molar refractivity (Wildman–Crippen MR) is 87.8 cm³/mol. The van der Waals surface area contributed by atoms with Gasteiger partial charge in [-0.15, -0.1) is 0 Å². The van der Waals surface area contributed by atoms with Gasteiger partial charge in [0.05, 0.1) is 0 Å². The van der Waals surface area contributed by atoms with Crippen molar-refractivity contribution in [1.82, 2.24) is 0 Å². The van der Waals surface area contributed by atoms with Gasteiger partial charge in [-0.1, -0.05) is 37.0 Å². The second-order valence-corrected chi connectivity index (χ2v) is 7.59. The van der Waals surface area contributed by atoms with Gasteiger partial charge in [-0.2, -0.15) is 0 Å². The van der Waals surface area contributed by atoms with Crippen molar-refractivity contribution in [1.29, 1.82) is 0 Å². The van der Waals surface area contributed by atoms with Crippen molar-refractivity contribution in [2.24, 2.45) is 11.7 Å². The normalized spacial score (nSPS) is 16.9. The van der Waals surface area contributed by atoms with Gasteiger partial charge < -0.3 is 9.97 Å². The van der Waals surface area contributed by atoms with Crippen molar-refractivity contribution in [2.45, 2.75) is 56.9 Å². The van der Waals surface area contributed by atoms with Crippen LogP contribution in [0, 0.1) is 12.8 Å². The van der Waals surface area contributed by atoms with Crippen molar-refractivity contribution in [3.05, 3.63) is 34.1 Å². The average Bonchev–Trinajstić information content (AvgIpc) is 2.49. The molecule has 2 N–H and O–H groups in total. The second kappa shape index (κ2) is 11.0. The van der Waals surface area contributed by atoms with Crippen LogP contribution in [0.4, 0.5) is 0 Å². The van der Waals surface area contributed by atoms with Gasteiger partial charge in [0.1, 0.15) is 10.0 Å². The summed E-state index contributed by atoms with van der Waals surface area (Å²) in [4.78, 5) is 0.114. The van der Waals surface area contributed by atoms with E-state index in [9.17, 15) is 8.42 Å². The monoisotopic (exact) mass is 354 g/mol. The zero-order chi connectivity index (χ0) is 15.9. The summed E-state index contributed by atoms with van der Waals surface area (Å²) in [6.45, 7) is 4.00. The van der Waals surface area contributed by atoms with Gasteiger partial charge in [-0.3, -0.25) is 11.8 Å². The van der Waals surface area contributed by atoms with E-state index in [0.717, 1.165) is 11.5 Å². The molecule has 0 heterocycles. The topological polar surface area (TPSA) is 74.3 Å². The molecule has 1 aliphatic carbocycles. The molecule has 120 valence electrons. The van der Waals surface area contributed by atoms with Crippen molar-refractivity contribution in [3.8, 4) is 0 Å². The van der Waals surface area contributed by atoms with E-state index in [0.29, 0.717) is 6.04 Å². The summed E-state index contributed by atoms with van der Waals surface area (Å²) in [6, 6.07) is 6.75. The predicted octanol–water partition coefficient (Wildman–Crippen LogP) is 1.13. The van der Waals surface area contributed by atoms with Gasteiger partial charge in [0.25, 0.3) is 0 Å².